The summed E-state index contributed by atoms with van der Waals surface area (Å²) in [7, 11) is 0. The van der Waals surface area contributed by atoms with Crippen LogP contribution in [-0.4, -0.2) is 35.0 Å². The number of thioether (sulfide) groups is 1. The normalized spacial score (nSPS) is 28.0. The lowest BCUT2D eigenvalue weighted by molar-refractivity contribution is 0.318. The summed E-state index contributed by atoms with van der Waals surface area (Å²) in [5.41, 5.74) is 11.1. The average molecular weight is 372 g/mol. The first kappa shape index (κ1) is 18.4. The van der Waals surface area contributed by atoms with Gasteiger partial charge in [-0.1, -0.05) is 57.7 Å². The van der Waals surface area contributed by atoms with Crippen molar-refractivity contribution in [2.24, 2.45) is 10.7 Å². The maximum absolute atomic E-state index is 6.05. The van der Waals surface area contributed by atoms with E-state index in [1.165, 1.54) is 29.1 Å². The summed E-state index contributed by atoms with van der Waals surface area (Å²) >= 11 is 1.93. The van der Waals surface area contributed by atoms with E-state index in [1.807, 2.05) is 11.8 Å². The van der Waals surface area contributed by atoms with Crippen molar-refractivity contribution < 1.29 is 0 Å². The van der Waals surface area contributed by atoms with E-state index in [9.17, 15) is 0 Å². The second kappa shape index (κ2) is 6.56. The van der Waals surface area contributed by atoms with Crippen molar-refractivity contribution in [2.45, 2.75) is 76.3 Å². The molecule has 1 unspecified atom stereocenters. The standard InChI is InChI=1S/C22H33N3S/c1-21(2)9-10-22(3,4)18-13-15(5-6-17(18)21)19-14-26-20(24-19)25-11-7-16(23)8-12-25/h5-6,13,16,19H,7-12,14,23H2,1-4H3. The van der Waals surface area contributed by atoms with Gasteiger partial charge in [-0.15, -0.1) is 0 Å². The number of hydrogen-bond donors (Lipinski definition) is 1. The van der Waals surface area contributed by atoms with Gasteiger partial charge in [-0.2, -0.15) is 0 Å². The van der Waals surface area contributed by atoms with Gasteiger partial charge in [0.1, 0.15) is 0 Å². The van der Waals surface area contributed by atoms with E-state index in [4.69, 9.17) is 10.7 Å². The predicted octanol–water partition coefficient (Wildman–Crippen LogP) is 4.60. The minimum Gasteiger partial charge on any atom is -0.351 e. The van der Waals surface area contributed by atoms with E-state index in [0.717, 1.165) is 31.7 Å². The Morgan fingerprint density at radius 2 is 1.69 bits per heavy atom. The van der Waals surface area contributed by atoms with Crippen molar-refractivity contribution in [3.05, 3.63) is 34.9 Å². The van der Waals surface area contributed by atoms with Gasteiger partial charge in [-0.05, 0) is 53.2 Å². The lowest BCUT2D eigenvalue weighted by Gasteiger charge is -2.42. The first-order valence-corrected chi connectivity index (χ1v) is 11.1. The van der Waals surface area contributed by atoms with Crippen LogP contribution in [0.1, 0.15) is 76.1 Å². The molecule has 1 fully saturated rings. The second-order valence-electron chi connectivity index (χ2n) is 9.64. The molecular weight excluding hydrogens is 338 g/mol. The van der Waals surface area contributed by atoms with Gasteiger partial charge in [0.2, 0.25) is 0 Å². The number of piperidine rings is 1. The molecule has 0 aromatic heterocycles. The Kier molecular flexibility index (Phi) is 4.63. The molecule has 1 atom stereocenters. The lowest BCUT2D eigenvalue weighted by Crippen LogP contribution is -2.41. The molecule has 0 radical (unpaired) electrons. The number of nitrogens with zero attached hydrogens (tertiary/aromatic N) is 2. The molecule has 26 heavy (non-hydrogen) atoms. The molecule has 2 N–H and O–H groups in total. The van der Waals surface area contributed by atoms with Crippen molar-refractivity contribution in [1.82, 2.24) is 4.90 Å². The van der Waals surface area contributed by atoms with Crippen molar-refractivity contribution in [2.75, 3.05) is 18.8 Å². The first-order valence-electron chi connectivity index (χ1n) is 10.1. The van der Waals surface area contributed by atoms with Gasteiger partial charge < -0.3 is 10.6 Å². The molecule has 1 aromatic rings. The number of aliphatic imine (C=N–C) groups is 1. The highest BCUT2D eigenvalue weighted by Crippen LogP contribution is 2.47. The second-order valence-corrected chi connectivity index (χ2v) is 10.6. The largest absolute Gasteiger partial charge is 0.351 e. The highest BCUT2D eigenvalue weighted by molar-refractivity contribution is 8.14. The van der Waals surface area contributed by atoms with Gasteiger partial charge in [0.25, 0.3) is 0 Å². The SMILES string of the molecule is CC1(C)CCC(C)(C)c2cc(C3CSC(N4CCC(N)CC4)=N3)ccc21. The third-order valence-corrected chi connectivity index (χ3v) is 7.81. The molecule has 0 spiro atoms. The summed E-state index contributed by atoms with van der Waals surface area (Å²) in [5.74, 6) is 1.07. The Labute approximate surface area is 162 Å². The summed E-state index contributed by atoms with van der Waals surface area (Å²) in [6, 6.07) is 7.88. The Hall–Kier alpha value is -1.00. The van der Waals surface area contributed by atoms with E-state index < -0.39 is 0 Å². The summed E-state index contributed by atoms with van der Waals surface area (Å²) < 4.78 is 0. The van der Waals surface area contributed by atoms with Crippen molar-refractivity contribution in [3.8, 4) is 0 Å². The zero-order valence-electron chi connectivity index (χ0n) is 16.7. The highest BCUT2D eigenvalue weighted by Gasteiger charge is 2.37. The zero-order chi connectivity index (χ0) is 18.5. The Morgan fingerprint density at radius 3 is 2.38 bits per heavy atom. The van der Waals surface area contributed by atoms with E-state index in [1.54, 1.807) is 5.56 Å². The minimum absolute atomic E-state index is 0.266. The van der Waals surface area contributed by atoms with Crippen LogP contribution >= 0.6 is 11.8 Å². The fraction of sp³-hybridized carbons (Fsp3) is 0.682. The summed E-state index contributed by atoms with van der Waals surface area (Å²) in [4.78, 5) is 7.55. The molecular formula is C22H33N3S. The third-order valence-electron chi connectivity index (χ3n) is 6.71. The quantitative estimate of drug-likeness (QED) is 0.784. The molecule has 0 amide bonds. The molecule has 1 aliphatic carbocycles. The van der Waals surface area contributed by atoms with E-state index in [2.05, 4.69) is 50.8 Å². The molecule has 2 aliphatic heterocycles. The first-order chi connectivity index (χ1) is 12.3. The maximum atomic E-state index is 6.05. The van der Waals surface area contributed by atoms with Gasteiger partial charge in [0.15, 0.2) is 5.17 Å². The predicted molar refractivity (Wildman–Crippen MR) is 113 cm³/mol. The molecule has 2 heterocycles. The summed E-state index contributed by atoms with van der Waals surface area (Å²) in [6.07, 6.45) is 4.71. The number of benzene rings is 1. The summed E-state index contributed by atoms with van der Waals surface area (Å²) in [5, 5.41) is 1.24. The lowest BCUT2D eigenvalue weighted by atomic mass is 9.63. The molecule has 0 bridgehead atoms. The van der Waals surface area contributed by atoms with Gasteiger partial charge in [0.05, 0.1) is 6.04 Å². The molecule has 3 nitrogen and oxygen atoms in total. The fourth-order valence-electron chi connectivity index (χ4n) is 4.61. The van der Waals surface area contributed by atoms with Crippen molar-refractivity contribution >= 4 is 16.9 Å². The summed E-state index contributed by atoms with van der Waals surface area (Å²) in [6.45, 7) is 11.7. The molecule has 4 rings (SSSR count). The Bertz CT molecular complexity index is 714. The number of amidine groups is 1. The van der Waals surface area contributed by atoms with Crippen molar-refractivity contribution in [1.29, 1.82) is 0 Å². The van der Waals surface area contributed by atoms with E-state index in [-0.39, 0.29) is 10.8 Å². The van der Waals surface area contributed by atoms with Gasteiger partial charge in [-0.25, -0.2) is 0 Å². The van der Waals surface area contributed by atoms with Gasteiger partial charge in [-0.3, -0.25) is 4.99 Å². The molecule has 3 aliphatic rings. The van der Waals surface area contributed by atoms with Crippen LogP contribution in [0.15, 0.2) is 23.2 Å². The number of hydrogen-bond acceptors (Lipinski definition) is 4. The van der Waals surface area contributed by atoms with Crippen LogP contribution in [0.5, 0.6) is 0 Å². The average Bonchev–Trinajstić information content (AvgIpc) is 3.09. The molecule has 0 saturated carbocycles. The molecule has 4 heteroatoms. The smallest absolute Gasteiger partial charge is 0.159 e. The van der Waals surface area contributed by atoms with Crippen LogP contribution in [0.4, 0.5) is 0 Å². The number of nitrogens with two attached hydrogens (primary N) is 1. The maximum Gasteiger partial charge on any atom is 0.159 e. The van der Waals surface area contributed by atoms with E-state index in [0.29, 0.717) is 12.1 Å². The van der Waals surface area contributed by atoms with Crippen LogP contribution < -0.4 is 5.73 Å². The van der Waals surface area contributed by atoms with Crippen LogP contribution in [0.2, 0.25) is 0 Å². The van der Waals surface area contributed by atoms with Crippen LogP contribution in [0.25, 0.3) is 0 Å². The van der Waals surface area contributed by atoms with Crippen LogP contribution in [0.3, 0.4) is 0 Å². The third kappa shape index (κ3) is 3.31. The topological polar surface area (TPSA) is 41.6 Å². The van der Waals surface area contributed by atoms with Crippen molar-refractivity contribution in [3.63, 3.8) is 0 Å². The molecule has 142 valence electrons. The van der Waals surface area contributed by atoms with Crippen LogP contribution in [0, 0.1) is 0 Å². The Morgan fingerprint density at radius 1 is 1.04 bits per heavy atom. The van der Waals surface area contributed by atoms with E-state index >= 15 is 0 Å². The minimum atomic E-state index is 0.266. The van der Waals surface area contributed by atoms with Crippen LogP contribution in [-0.2, 0) is 10.8 Å². The number of fused-ring (bicyclic) bond motifs is 1. The monoisotopic (exact) mass is 371 g/mol. The van der Waals surface area contributed by atoms with Gasteiger partial charge >= 0.3 is 0 Å². The zero-order valence-corrected chi connectivity index (χ0v) is 17.5. The molecule has 1 saturated heterocycles. The fourth-order valence-corrected chi connectivity index (χ4v) is 5.75. The number of rotatable bonds is 1. The molecule has 1 aromatic carbocycles. The Balaban J connectivity index is 1.59. The number of likely N-dealkylation sites (tertiary alicyclic amines) is 1. The van der Waals surface area contributed by atoms with Gasteiger partial charge in [0, 0.05) is 24.9 Å². The highest BCUT2D eigenvalue weighted by atomic mass is 32.2.